The van der Waals surface area contributed by atoms with E-state index in [4.69, 9.17) is 0 Å². The molecule has 0 atom stereocenters. The average Bonchev–Trinajstić information content (AvgIpc) is 3.43. The fraction of sp³-hybridized carbons (Fsp3) is 0.0526. The first kappa shape index (κ1) is 18.6. The van der Waals surface area contributed by atoms with Gasteiger partial charge in [-0.2, -0.15) is 0 Å². The van der Waals surface area contributed by atoms with Gasteiger partial charge in [-0.3, -0.25) is 24.6 Å². The van der Waals surface area contributed by atoms with Crippen molar-refractivity contribution in [3.8, 4) is 0 Å². The van der Waals surface area contributed by atoms with Crippen LogP contribution < -0.4 is 5.32 Å². The van der Waals surface area contributed by atoms with Gasteiger partial charge in [0.15, 0.2) is 5.13 Å². The minimum absolute atomic E-state index is 0.167. The number of nitrogens with zero attached hydrogens (tertiary/aromatic N) is 2. The molecule has 0 bridgehead atoms. The highest BCUT2D eigenvalue weighted by atomic mass is 32.2. The summed E-state index contributed by atoms with van der Waals surface area (Å²) in [6.45, 7) is 0.167. The summed E-state index contributed by atoms with van der Waals surface area (Å²) in [5, 5.41) is 6.65. The SMILES string of the molecule is O=C(Nc1nccs1)c1ccc(CN2C(=O)S/C(=C\c3cccs3)C2=O)cc1. The Morgan fingerprint density at radius 2 is 1.93 bits per heavy atom. The van der Waals surface area contributed by atoms with E-state index in [0.717, 1.165) is 22.2 Å². The minimum atomic E-state index is -0.297. The molecule has 1 saturated heterocycles. The lowest BCUT2D eigenvalue weighted by atomic mass is 10.1. The molecule has 4 rings (SSSR count). The van der Waals surface area contributed by atoms with Crippen LogP contribution in [-0.2, 0) is 11.3 Å². The Kier molecular flexibility index (Phi) is 5.38. The van der Waals surface area contributed by atoms with Crippen molar-refractivity contribution in [1.29, 1.82) is 0 Å². The number of amides is 3. The topological polar surface area (TPSA) is 79.4 Å². The molecule has 0 saturated carbocycles. The Hall–Kier alpha value is -2.75. The van der Waals surface area contributed by atoms with E-state index in [2.05, 4.69) is 10.3 Å². The van der Waals surface area contributed by atoms with Crippen LogP contribution in [0.4, 0.5) is 9.93 Å². The van der Waals surface area contributed by atoms with Gasteiger partial charge in [0.05, 0.1) is 11.4 Å². The number of nitrogens with one attached hydrogen (secondary N) is 1. The maximum Gasteiger partial charge on any atom is 0.293 e. The summed E-state index contributed by atoms with van der Waals surface area (Å²) in [6.07, 6.45) is 3.36. The van der Waals surface area contributed by atoms with E-state index in [1.165, 1.54) is 27.6 Å². The summed E-state index contributed by atoms with van der Waals surface area (Å²) in [5.41, 5.74) is 1.25. The lowest BCUT2D eigenvalue weighted by Crippen LogP contribution is -2.27. The van der Waals surface area contributed by atoms with E-state index in [1.807, 2.05) is 17.5 Å². The highest BCUT2D eigenvalue weighted by Crippen LogP contribution is 2.34. The summed E-state index contributed by atoms with van der Waals surface area (Å²) in [4.78, 5) is 43.6. The first-order valence-corrected chi connectivity index (χ1v) is 10.8. The molecule has 0 spiro atoms. The Morgan fingerprint density at radius 1 is 1.11 bits per heavy atom. The number of aromatic nitrogens is 1. The molecule has 140 valence electrons. The van der Waals surface area contributed by atoms with Gasteiger partial charge in [-0.05, 0) is 47.0 Å². The number of hydrogen-bond acceptors (Lipinski definition) is 7. The monoisotopic (exact) mass is 427 g/mol. The van der Waals surface area contributed by atoms with Crippen molar-refractivity contribution >= 4 is 62.7 Å². The summed E-state index contributed by atoms with van der Waals surface area (Å²) >= 11 is 3.80. The summed E-state index contributed by atoms with van der Waals surface area (Å²) in [7, 11) is 0. The van der Waals surface area contributed by atoms with Gasteiger partial charge in [-0.15, -0.1) is 22.7 Å². The second kappa shape index (κ2) is 8.09. The molecule has 2 aromatic heterocycles. The van der Waals surface area contributed by atoms with Crippen molar-refractivity contribution in [3.63, 3.8) is 0 Å². The molecule has 0 unspecified atom stereocenters. The van der Waals surface area contributed by atoms with Crippen LogP contribution in [0.2, 0.25) is 0 Å². The van der Waals surface area contributed by atoms with Crippen molar-refractivity contribution in [2.45, 2.75) is 6.54 Å². The minimum Gasteiger partial charge on any atom is -0.298 e. The number of benzene rings is 1. The number of anilines is 1. The molecule has 0 aliphatic carbocycles. The zero-order valence-electron chi connectivity index (χ0n) is 14.3. The number of thiazole rings is 1. The van der Waals surface area contributed by atoms with Crippen LogP contribution >= 0.6 is 34.4 Å². The maximum atomic E-state index is 12.6. The van der Waals surface area contributed by atoms with E-state index in [-0.39, 0.29) is 23.6 Å². The number of carbonyl (C=O) groups is 3. The fourth-order valence-electron chi connectivity index (χ4n) is 2.54. The fourth-order valence-corrected chi connectivity index (χ4v) is 4.62. The van der Waals surface area contributed by atoms with Gasteiger partial charge in [0.2, 0.25) is 0 Å². The largest absolute Gasteiger partial charge is 0.298 e. The van der Waals surface area contributed by atoms with Crippen LogP contribution in [0.15, 0.2) is 58.3 Å². The van der Waals surface area contributed by atoms with E-state index in [1.54, 1.807) is 41.9 Å². The highest BCUT2D eigenvalue weighted by molar-refractivity contribution is 8.18. The third-order valence-electron chi connectivity index (χ3n) is 3.90. The van der Waals surface area contributed by atoms with E-state index >= 15 is 0 Å². The van der Waals surface area contributed by atoms with Crippen molar-refractivity contribution in [2.75, 3.05) is 5.32 Å². The number of hydrogen-bond donors (Lipinski definition) is 1. The van der Waals surface area contributed by atoms with Crippen LogP contribution in [0.25, 0.3) is 6.08 Å². The quantitative estimate of drug-likeness (QED) is 0.598. The second-order valence-corrected chi connectivity index (χ2v) is 8.64. The Balaban J connectivity index is 1.43. The smallest absolute Gasteiger partial charge is 0.293 e. The first-order chi connectivity index (χ1) is 13.6. The molecule has 28 heavy (non-hydrogen) atoms. The summed E-state index contributed by atoms with van der Waals surface area (Å²) in [6, 6.07) is 10.6. The van der Waals surface area contributed by atoms with Crippen LogP contribution in [-0.4, -0.2) is 26.9 Å². The first-order valence-electron chi connectivity index (χ1n) is 8.19. The lowest BCUT2D eigenvalue weighted by Gasteiger charge is -2.12. The van der Waals surface area contributed by atoms with Gasteiger partial charge in [0.1, 0.15) is 0 Å². The number of imide groups is 1. The van der Waals surface area contributed by atoms with Gasteiger partial charge >= 0.3 is 0 Å². The standard InChI is InChI=1S/C19H13N3O3S3/c23-16(21-18-20-7-9-27-18)13-5-3-12(4-6-13)11-22-17(24)15(28-19(22)25)10-14-2-1-8-26-14/h1-10H,11H2,(H,20,21,23)/b15-10-. The van der Waals surface area contributed by atoms with Crippen molar-refractivity contribution in [2.24, 2.45) is 0 Å². The van der Waals surface area contributed by atoms with E-state index in [9.17, 15) is 14.4 Å². The molecule has 1 fully saturated rings. The number of thioether (sulfide) groups is 1. The molecule has 9 heteroatoms. The molecule has 1 aliphatic rings. The zero-order valence-corrected chi connectivity index (χ0v) is 16.8. The predicted molar refractivity (Wildman–Crippen MR) is 112 cm³/mol. The predicted octanol–water partition coefficient (Wildman–Crippen LogP) is 4.69. The van der Waals surface area contributed by atoms with Crippen molar-refractivity contribution < 1.29 is 14.4 Å². The lowest BCUT2D eigenvalue weighted by molar-refractivity contribution is -0.123. The summed E-state index contributed by atoms with van der Waals surface area (Å²) in [5.74, 6) is -0.555. The van der Waals surface area contributed by atoms with Crippen molar-refractivity contribution in [3.05, 3.63) is 74.3 Å². The molecule has 0 radical (unpaired) electrons. The Labute approximate surface area is 172 Å². The molecule has 3 amide bonds. The van der Waals surface area contributed by atoms with Gasteiger partial charge < -0.3 is 0 Å². The average molecular weight is 428 g/mol. The van der Waals surface area contributed by atoms with E-state index < -0.39 is 0 Å². The van der Waals surface area contributed by atoms with Gasteiger partial charge in [-0.1, -0.05) is 18.2 Å². The molecule has 1 aromatic carbocycles. The molecule has 1 N–H and O–H groups in total. The van der Waals surface area contributed by atoms with Gasteiger partial charge in [0, 0.05) is 22.0 Å². The molecule has 1 aliphatic heterocycles. The third kappa shape index (κ3) is 4.06. The van der Waals surface area contributed by atoms with Crippen LogP contribution in [0.1, 0.15) is 20.8 Å². The summed E-state index contributed by atoms with van der Waals surface area (Å²) < 4.78 is 0. The van der Waals surface area contributed by atoms with Gasteiger partial charge in [0.25, 0.3) is 17.1 Å². The molecule has 6 nitrogen and oxygen atoms in total. The maximum absolute atomic E-state index is 12.6. The van der Waals surface area contributed by atoms with Crippen molar-refractivity contribution in [1.82, 2.24) is 9.88 Å². The molecular formula is C19H13N3O3S3. The number of thiophene rings is 1. The molecule has 3 heterocycles. The highest BCUT2D eigenvalue weighted by Gasteiger charge is 2.35. The van der Waals surface area contributed by atoms with E-state index in [0.29, 0.717) is 15.6 Å². The molecular weight excluding hydrogens is 414 g/mol. The number of rotatable bonds is 5. The number of carbonyl (C=O) groups excluding carboxylic acids is 3. The second-order valence-electron chi connectivity index (χ2n) is 5.77. The van der Waals surface area contributed by atoms with Crippen LogP contribution in [0.5, 0.6) is 0 Å². The normalized spacial score (nSPS) is 15.4. The Morgan fingerprint density at radius 3 is 2.61 bits per heavy atom. The zero-order chi connectivity index (χ0) is 19.5. The van der Waals surface area contributed by atoms with Gasteiger partial charge in [-0.25, -0.2) is 4.98 Å². The Bertz CT molecular complexity index is 1040. The third-order valence-corrected chi connectivity index (χ3v) is 6.31. The van der Waals surface area contributed by atoms with Crippen LogP contribution in [0, 0.1) is 0 Å². The van der Waals surface area contributed by atoms with Crippen LogP contribution in [0.3, 0.4) is 0 Å². The molecule has 3 aromatic rings.